The fraction of sp³-hybridized carbons (Fsp3) is 0.889. The Balaban J connectivity index is 2.01. The van der Waals surface area contributed by atoms with Gasteiger partial charge in [-0.1, -0.05) is 22.6 Å². The van der Waals surface area contributed by atoms with Crippen LogP contribution >= 0.6 is 22.6 Å². The van der Waals surface area contributed by atoms with Crippen LogP contribution in [-0.2, 0) is 9.53 Å². The molecule has 0 aromatic rings. The summed E-state index contributed by atoms with van der Waals surface area (Å²) in [6, 6.07) is 0. The lowest BCUT2D eigenvalue weighted by molar-refractivity contribution is -0.905. The van der Waals surface area contributed by atoms with E-state index in [9.17, 15) is 4.79 Å². The third kappa shape index (κ3) is 4.81. The van der Waals surface area contributed by atoms with Gasteiger partial charge in [0.2, 0.25) is 0 Å². The van der Waals surface area contributed by atoms with E-state index in [1.807, 2.05) is 22.6 Å². The van der Waals surface area contributed by atoms with Gasteiger partial charge < -0.3 is 9.64 Å². The highest BCUT2D eigenvalue weighted by molar-refractivity contribution is 14.1. The lowest BCUT2D eigenvalue weighted by atomic mass is 10.1. The number of rotatable bonds is 4. The Morgan fingerprint density at radius 1 is 1.31 bits per heavy atom. The Morgan fingerprint density at radius 2 is 2.00 bits per heavy atom. The fourth-order valence-corrected chi connectivity index (χ4v) is 1.87. The molecule has 0 aromatic heterocycles. The van der Waals surface area contributed by atoms with Gasteiger partial charge in [-0.05, 0) is 19.3 Å². The van der Waals surface area contributed by atoms with Crippen molar-refractivity contribution in [2.75, 3.05) is 30.7 Å². The molecule has 13 heavy (non-hydrogen) atoms. The number of likely N-dealkylation sites (tertiary alicyclic amines) is 1. The summed E-state index contributed by atoms with van der Waals surface area (Å²) in [5.74, 6) is -0.0861. The second kappa shape index (κ2) is 6.59. The highest BCUT2D eigenvalue weighted by Crippen LogP contribution is 1.94. The standard InChI is InChI=1S/C9H16INO2/c10-8-9(12)13-7-6-11-4-2-1-3-5-11/h1-8H2/p+1. The highest BCUT2D eigenvalue weighted by Gasteiger charge is 2.13. The Bertz CT molecular complexity index is 158. The molecule has 1 saturated heterocycles. The molecule has 1 heterocycles. The summed E-state index contributed by atoms with van der Waals surface area (Å²) in [5, 5.41) is 0. The van der Waals surface area contributed by atoms with Gasteiger partial charge in [0.15, 0.2) is 0 Å². The molecule has 0 spiro atoms. The van der Waals surface area contributed by atoms with Gasteiger partial charge in [-0.2, -0.15) is 0 Å². The van der Waals surface area contributed by atoms with Gasteiger partial charge in [0.05, 0.1) is 17.5 Å². The summed E-state index contributed by atoms with van der Waals surface area (Å²) in [4.78, 5) is 12.4. The molecule has 4 heteroatoms. The van der Waals surface area contributed by atoms with Gasteiger partial charge >= 0.3 is 5.97 Å². The number of piperidine rings is 1. The van der Waals surface area contributed by atoms with E-state index >= 15 is 0 Å². The summed E-state index contributed by atoms with van der Waals surface area (Å²) in [7, 11) is 0. The van der Waals surface area contributed by atoms with E-state index in [4.69, 9.17) is 4.74 Å². The summed E-state index contributed by atoms with van der Waals surface area (Å²) in [6.07, 6.45) is 4.03. The number of carbonyl (C=O) groups excluding carboxylic acids is 1. The quantitative estimate of drug-likeness (QED) is 0.451. The second-order valence-electron chi connectivity index (χ2n) is 3.41. The van der Waals surface area contributed by atoms with Crippen molar-refractivity contribution in [1.29, 1.82) is 0 Å². The summed E-state index contributed by atoms with van der Waals surface area (Å²) < 4.78 is 5.49. The molecule has 0 aromatic carbocycles. The molecule has 1 aliphatic rings. The Kier molecular flexibility index (Phi) is 5.70. The monoisotopic (exact) mass is 298 g/mol. The maximum Gasteiger partial charge on any atom is 0.315 e. The molecule has 0 radical (unpaired) electrons. The molecule has 0 aliphatic carbocycles. The first kappa shape index (κ1) is 11.2. The number of hydrogen-bond acceptors (Lipinski definition) is 2. The lowest BCUT2D eigenvalue weighted by Crippen LogP contribution is -3.13. The molecule has 0 atom stereocenters. The molecule has 0 unspecified atom stereocenters. The van der Waals surface area contributed by atoms with Gasteiger partial charge in [-0.15, -0.1) is 0 Å². The summed E-state index contributed by atoms with van der Waals surface area (Å²) in [6.45, 7) is 4.09. The van der Waals surface area contributed by atoms with Crippen LogP contribution in [0.4, 0.5) is 0 Å². The van der Waals surface area contributed by atoms with Gasteiger partial charge in [0.25, 0.3) is 0 Å². The van der Waals surface area contributed by atoms with Crippen molar-refractivity contribution in [3.05, 3.63) is 0 Å². The zero-order valence-corrected chi connectivity index (χ0v) is 10.0. The highest BCUT2D eigenvalue weighted by atomic mass is 127. The zero-order valence-electron chi connectivity index (χ0n) is 7.85. The predicted molar refractivity (Wildman–Crippen MR) is 59.3 cm³/mol. The van der Waals surface area contributed by atoms with Crippen LogP contribution in [0.25, 0.3) is 0 Å². The first-order valence-corrected chi connectivity index (χ1v) is 6.40. The topological polar surface area (TPSA) is 30.7 Å². The lowest BCUT2D eigenvalue weighted by Gasteiger charge is -2.22. The zero-order chi connectivity index (χ0) is 9.52. The average Bonchev–Trinajstić information content (AvgIpc) is 2.19. The molecular weight excluding hydrogens is 281 g/mol. The van der Waals surface area contributed by atoms with Crippen molar-refractivity contribution in [3.8, 4) is 0 Å². The van der Waals surface area contributed by atoms with Crippen molar-refractivity contribution in [2.24, 2.45) is 0 Å². The van der Waals surface area contributed by atoms with E-state index in [0.717, 1.165) is 6.54 Å². The van der Waals surface area contributed by atoms with E-state index in [1.54, 1.807) is 4.90 Å². The van der Waals surface area contributed by atoms with Gasteiger partial charge in [-0.3, -0.25) is 4.79 Å². The predicted octanol–water partition coefficient (Wildman–Crippen LogP) is 0.0334. The van der Waals surface area contributed by atoms with E-state index < -0.39 is 0 Å². The minimum Gasteiger partial charge on any atom is -0.459 e. The van der Waals surface area contributed by atoms with Crippen molar-refractivity contribution < 1.29 is 14.4 Å². The summed E-state index contributed by atoms with van der Waals surface area (Å²) >= 11 is 2.03. The number of halogens is 1. The van der Waals surface area contributed by atoms with Crippen LogP contribution in [0.3, 0.4) is 0 Å². The number of nitrogens with one attached hydrogen (secondary N) is 1. The molecule has 0 bridgehead atoms. The van der Waals surface area contributed by atoms with Crippen LogP contribution in [0.5, 0.6) is 0 Å². The van der Waals surface area contributed by atoms with Crippen LogP contribution in [0.2, 0.25) is 0 Å². The molecule has 0 saturated carbocycles. The molecule has 76 valence electrons. The maximum absolute atomic E-state index is 10.8. The third-order valence-corrected chi connectivity index (χ3v) is 3.01. The second-order valence-corrected chi connectivity index (χ2v) is 4.18. The molecule has 1 N–H and O–H groups in total. The van der Waals surface area contributed by atoms with Crippen LogP contribution < -0.4 is 4.90 Å². The first-order chi connectivity index (χ1) is 6.33. The Labute approximate surface area is 92.9 Å². The minimum atomic E-state index is -0.0861. The van der Waals surface area contributed by atoms with Crippen molar-refractivity contribution >= 4 is 28.6 Å². The van der Waals surface area contributed by atoms with Crippen LogP contribution in [0, 0.1) is 0 Å². The number of esters is 1. The molecule has 1 aliphatic heterocycles. The fourth-order valence-electron chi connectivity index (χ4n) is 1.65. The number of alkyl halides is 1. The van der Waals surface area contributed by atoms with Crippen molar-refractivity contribution in [2.45, 2.75) is 19.3 Å². The van der Waals surface area contributed by atoms with Crippen molar-refractivity contribution in [3.63, 3.8) is 0 Å². The first-order valence-electron chi connectivity index (χ1n) is 4.88. The number of hydrogen-bond donors (Lipinski definition) is 1. The van der Waals surface area contributed by atoms with Gasteiger partial charge in [-0.25, -0.2) is 0 Å². The number of carbonyl (C=O) groups is 1. The molecule has 3 nitrogen and oxygen atoms in total. The van der Waals surface area contributed by atoms with E-state index in [2.05, 4.69) is 0 Å². The smallest absolute Gasteiger partial charge is 0.315 e. The average molecular weight is 298 g/mol. The Morgan fingerprint density at radius 3 is 2.62 bits per heavy atom. The van der Waals surface area contributed by atoms with Gasteiger partial charge in [0, 0.05) is 0 Å². The number of quaternary nitrogens is 1. The van der Waals surface area contributed by atoms with E-state index in [1.165, 1.54) is 32.4 Å². The molecule has 1 rings (SSSR count). The van der Waals surface area contributed by atoms with E-state index in [0.29, 0.717) is 11.0 Å². The Hall–Kier alpha value is 0.160. The van der Waals surface area contributed by atoms with Crippen LogP contribution in [0.1, 0.15) is 19.3 Å². The third-order valence-electron chi connectivity index (χ3n) is 2.39. The van der Waals surface area contributed by atoms with Crippen LogP contribution in [0.15, 0.2) is 0 Å². The molecule has 1 fully saturated rings. The number of ether oxygens (including phenoxy) is 1. The maximum atomic E-state index is 10.8. The normalized spacial score (nSPS) is 18.5. The minimum absolute atomic E-state index is 0.0861. The largest absolute Gasteiger partial charge is 0.459 e. The van der Waals surface area contributed by atoms with Gasteiger partial charge in [0.1, 0.15) is 13.2 Å². The SMILES string of the molecule is O=C(CI)OCC[NH+]1CCCCC1. The summed E-state index contributed by atoms with van der Waals surface area (Å²) in [5.41, 5.74) is 0. The molecule has 0 amide bonds. The van der Waals surface area contributed by atoms with E-state index in [-0.39, 0.29) is 5.97 Å². The van der Waals surface area contributed by atoms with Crippen LogP contribution in [-0.4, -0.2) is 36.6 Å². The van der Waals surface area contributed by atoms with Crippen molar-refractivity contribution in [1.82, 2.24) is 0 Å². The molecular formula is C9H17INO2+.